The molecule has 2 amide bonds. The molecule has 1 aromatic heterocycles. The summed E-state index contributed by atoms with van der Waals surface area (Å²) < 4.78 is 0. The fourth-order valence-electron chi connectivity index (χ4n) is 4.70. The highest BCUT2D eigenvalue weighted by atomic mass is 16.2. The zero-order chi connectivity index (χ0) is 21.8. The van der Waals surface area contributed by atoms with Crippen LogP contribution in [0.1, 0.15) is 36.1 Å². The van der Waals surface area contributed by atoms with Gasteiger partial charge in [-0.2, -0.15) is 0 Å². The maximum atomic E-state index is 13.9. The number of carbonyl (C=O) groups excluding carboxylic acids is 2. The summed E-state index contributed by atoms with van der Waals surface area (Å²) in [4.78, 5) is 34.1. The highest BCUT2D eigenvalue weighted by Crippen LogP contribution is 2.38. The van der Waals surface area contributed by atoms with Gasteiger partial charge in [0.05, 0.1) is 5.41 Å². The Morgan fingerprint density at radius 1 is 1.03 bits per heavy atom. The van der Waals surface area contributed by atoms with Crippen molar-refractivity contribution < 1.29 is 9.59 Å². The molecule has 2 aliphatic heterocycles. The monoisotopic (exact) mass is 415 g/mol. The van der Waals surface area contributed by atoms with Crippen LogP contribution in [0.15, 0.2) is 67.4 Å². The van der Waals surface area contributed by atoms with Crippen molar-refractivity contribution in [3.8, 4) is 0 Å². The Labute approximate surface area is 184 Å². The van der Waals surface area contributed by atoms with E-state index in [2.05, 4.69) is 23.7 Å². The van der Waals surface area contributed by atoms with Gasteiger partial charge in [-0.15, -0.1) is 0 Å². The summed E-state index contributed by atoms with van der Waals surface area (Å²) in [5.41, 5.74) is 3.84. The maximum Gasteiger partial charge on any atom is 0.245 e. The number of amides is 2. The van der Waals surface area contributed by atoms with Gasteiger partial charge in [0.25, 0.3) is 0 Å². The number of aryl methyl sites for hydroxylation is 1. The van der Waals surface area contributed by atoms with Crippen molar-refractivity contribution in [2.75, 3.05) is 26.2 Å². The molecule has 0 aliphatic carbocycles. The molecule has 0 N–H and O–H groups in total. The normalized spacial score (nSPS) is 18.3. The van der Waals surface area contributed by atoms with E-state index < -0.39 is 5.41 Å². The lowest BCUT2D eigenvalue weighted by Crippen LogP contribution is -2.54. The summed E-state index contributed by atoms with van der Waals surface area (Å²) in [5, 5.41) is 0. The minimum absolute atomic E-state index is 0.0636. The third-order valence-electron chi connectivity index (χ3n) is 6.62. The molecule has 0 unspecified atom stereocenters. The fourth-order valence-corrected chi connectivity index (χ4v) is 4.70. The average Bonchev–Trinajstić information content (AvgIpc) is 2.84. The molecule has 3 heterocycles. The molecular formula is C26H29N3O2. The number of pyridine rings is 1. The van der Waals surface area contributed by atoms with E-state index in [1.165, 1.54) is 11.6 Å². The molecule has 0 bridgehead atoms. The smallest absolute Gasteiger partial charge is 0.245 e. The first kappa shape index (κ1) is 21.0. The molecule has 2 aliphatic rings. The molecule has 0 radical (unpaired) electrons. The van der Waals surface area contributed by atoms with Crippen LogP contribution in [-0.2, 0) is 15.0 Å². The number of hydrogen-bond donors (Lipinski definition) is 0. The predicted molar refractivity (Wildman–Crippen MR) is 122 cm³/mol. The van der Waals surface area contributed by atoms with Gasteiger partial charge in [-0.25, -0.2) is 0 Å². The topological polar surface area (TPSA) is 53.5 Å². The third-order valence-corrected chi connectivity index (χ3v) is 6.62. The van der Waals surface area contributed by atoms with Gasteiger partial charge in [0.15, 0.2) is 0 Å². The highest BCUT2D eigenvalue weighted by molar-refractivity contribution is 5.91. The van der Waals surface area contributed by atoms with Gasteiger partial charge < -0.3 is 9.80 Å². The molecule has 0 spiro atoms. The second-order valence-corrected chi connectivity index (χ2v) is 8.40. The van der Waals surface area contributed by atoms with E-state index in [4.69, 9.17) is 0 Å². The van der Waals surface area contributed by atoms with Crippen molar-refractivity contribution in [1.82, 2.24) is 14.8 Å². The summed E-state index contributed by atoms with van der Waals surface area (Å²) in [7, 11) is 0. The van der Waals surface area contributed by atoms with Gasteiger partial charge in [0.2, 0.25) is 11.8 Å². The lowest BCUT2D eigenvalue weighted by Gasteiger charge is -2.44. The summed E-state index contributed by atoms with van der Waals surface area (Å²) >= 11 is 0. The molecule has 1 fully saturated rings. The first-order chi connectivity index (χ1) is 15.0. The molecule has 4 rings (SSSR count). The minimum Gasteiger partial charge on any atom is -0.339 e. The Morgan fingerprint density at radius 2 is 1.77 bits per heavy atom. The molecule has 2 aromatic rings. The number of benzene rings is 1. The molecule has 1 saturated heterocycles. The van der Waals surface area contributed by atoms with E-state index in [-0.39, 0.29) is 11.8 Å². The zero-order valence-corrected chi connectivity index (χ0v) is 18.1. The van der Waals surface area contributed by atoms with E-state index in [0.717, 1.165) is 23.2 Å². The van der Waals surface area contributed by atoms with Crippen LogP contribution < -0.4 is 0 Å². The van der Waals surface area contributed by atoms with Crippen LogP contribution in [0.25, 0.3) is 5.57 Å². The largest absolute Gasteiger partial charge is 0.339 e. The number of nitrogens with zero attached hydrogens (tertiary/aromatic N) is 3. The Morgan fingerprint density at radius 3 is 2.35 bits per heavy atom. The summed E-state index contributed by atoms with van der Waals surface area (Å²) in [6, 6.07) is 14.2. The number of hydrogen-bond acceptors (Lipinski definition) is 3. The first-order valence-corrected chi connectivity index (χ1v) is 10.9. The van der Waals surface area contributed by atoms with E-state index in [9.17, 15) is 9.59 Å². The maximum absolute atomic E-state index is 13.9. The van der Waals surface area contributed by atoms with Crippen molar-refractivity contribution in [3.05, 3.63) is 84.2 Å². The number of carbonyl (C=O) groups is 2. The van der Waals surface area contributed by atoms with Crippen LogP contribution in [0.4, 0.5) is 0 Å². The highest BCUT2D eigenvalue weighted by Gasteiger charge is 2.45. The number of rotatable bonds is 4. The lowest BCUT2D eigenvalue weighted by atomic mass is 9.71. The Hall–Kier alpha value is -3.21. The molecule has 5 nitrogen and oxygen atoms in total. The first-order valence-electron chi connectivity index (χ1n) is 10.9. The molecule has 160 valence electrons. The van der Waals surface area contributed by atoms with Crippen LogP contribution in [0.2, 0.25) is 0 Å². The fraction of sp³-hybridized carbons (Fsp3) is 0.346. The summed E-state index contributed by atoms with van der Waals surface area (Å²) in [6.45, 7) is 8.01. The van der Waals surface area contributed by atoms with Gasteiger partial charge >= 0.3 is 0 Å². The van der Waals surface area contributed by atoms with Crippen LogP contribution >= 0.6 is 0 Å². The Bertz CT molecular complexity index is 987. The zero-order valence-electron chi connectivity index (χ0n) is 18.1. The molecule has 1 aromatic carbocycles. The van der Waals surface area contributed by atoms with Gasteiger partial charge in [-0.05, 0) is 55.0 Å². The molecule has 0 saturated carbocycles. The third kappa shape index (κ3) is 4.18. The van der Waals surface area contributed by atoms with E-state index >= 15 is 0 Å². The van der Waals surface area contributed by atoms with E-state index in [0.29, 0.717) is 39.0 Å². The van der Waals surface area contributed by atoms with Crippen molar-refractivity contribution in [3.63, 3.8) is 0 Å². The summed E-state index contributed by atoms with van der Waals surface area (Å²) in [5.74, 6) is 0.105. The minimum atomic E-state index is -0.587. The molecule has 0 atom stereocenters. The van der Waals surface area contributed by atoms with Crippen molar-refractivity contribution in [1.29, 1.82) is 0 Å². The summed E-state index contributed by atoms with van der Waals surface area (Å²) in [6.07, 6.45) is 7.50. The molecular weight excluding hydrogens is 386 g/mol. The van der Waals surface area contributed by atoms with Crippen molar-refractivity contribution >= 4 is 17.4 Å². The van der Waals surface area contributed by atoms with E-state index in [1.54, 1.807) is 4.90 Å². The average molecular weight is 416 g/mol. The molecule has 5 heteroatoms. The molecule has 31 heavy (non-hydrogen) atoms. The van der Waals surface area contributed by atoms with Gasteiger partial charge in [-0.3, -0.25) is 14.6 Å². The SMILES string of the molecule is C=CC(=O)N1CCC(C(=O)N2CC=C(c3ccc(C)nc3)CC2)(c2ccccc2)CC1. The quantitative estimate of drug-likeness (QED) is 0.715. The lowest BCUT2D eigenvalue weighted by molar-refractivity contribution is -0.141. The number of likely N-dealkylation sites (tertiary alicyclic amines) is 1. The van der Waals surface area contributed by atoms with E-state index in [1.807, 2.05) is 54.4 Å². The van der Waals surface area contributed by atoms with Crippen molar-refractivity contribution in [2.45, 2.75) is 31.6 Å². The Balaban J connectivity index is 1.55. The van der Waals surface area contributed by atoms with Gasteiger partial charge in [0, 0.05) is 38.1 Å². The van der Waals surface area contributed by atoms with Gasteiger partial charge in [-0.1, -0.05) is 49.1 Å². The standard InChI is InChI=1S/C26H29N3O2/c1-3-24(30)28-17-13-26(14-18-28,23-7-5-4-6-8-23)25(31)29-15-11-21(12-16-29)22-10-9-20(2)27-19-22/h3-11,19H,1,12-18H2,2H3. The second kappa shape index (κ2) is 8.88. The van der Waals surface area contributed by atoms with Crippen LogP contribution in [0.3, 0.4) is 0 Å². The second-order valence-electron chi connectivity index (χ2n) is 8.40. The number of piperidine rings is 1. The number of aromatic nitrogens is 1. The Kier molecular flexibility index (Phi) is 6.03. The van der Waals surface area contributed by atoms with Crippen molar-refractivity contribution in [2.24, 2.45) is 0 Å². The van der Waals surface area contributed by atoms with Gasteiger partial charge in [0.1, 0.15) is 0 Å². The van der Waals surface area contributed by atoms with Crippen LogP contribution in [0, 0.1) is 6.92 Å². The van der Waals surface area contributed by atoms with Crippen LogP contribution in [-0.4, -0.2) is 52.8 Å². The predicted octanol–water partition coefficient (Wildman–Crippen LogP) is 3.75. The van der Waals surface area contributed by atoms with Crippen LogP contribution in [0.5, 0.6) is 0 Å².